The molecular formula is C15H24N2OSi. The third-order valence-corrected chi connectivity index (χ3v) is 4.75. The molecule has 1 rings (SSSR count). The van der Waals surface area contributed by atoms with Crippen LogP contribution in [0.15, 0.2) is 35.4 Å². The first-order valence-corrected chi connectivity index (χ1v) is 10.2. The van der Waals surface area contributed by atoms with Gasteiger partial charge in [0.1, 0.15) is 0 Å². The Hall–Kier alpha value is -1.42. The van der Waals surface area contributed by atoms with Crippen molar-refractivity contribution in [2.75, 3.05) is 0 Å². The molecule has 0 saturated heterocycles. The fraction of sp³-hybridized carbons (Fsp3) is 0.467. The largest absolute Gasteiger partial charge is 0.320 e. The fourth-order valence-electron chi connectivity index (χ4n) is 1.67. The van der Waals surface area contributed by atoms with Gasteiger partial charge in [-0.3, -0.25) is 4.79 Å². The van der Waals surface area contributed by atoms with E-state index in [0.717, 1.165) is 6.54 Å². The second-order valence-electron chi connectivity index (χ2n) is 5.68. The summed E-state index contributed by atoms with van der Waals surface area (Å²) in [6.07, 6.45) is 0.514. The second kappa shape index (κ2) is 6.66. The molecule has 0 aliphatic heterocycles. The van der Waals surface area contributed by atoms with Crippen LogP contribution in [0.3, 0.4) is 0 Å². The quantitative estimate of drug-likeness (QED) is 0.451. The predicted molar refractivity (Wildman–Crippen MR) is 83.7 cm³/mol. The number of nitrogens with zero attached hydrogens (tertiary/aromatic N) is 2. The molecule has 4 heteroatoms. The van der Waals surface area contributed by atoms with Crippen LogP contribution in [0, 0.1) is 0 Å². The van der Waals surface area contributed by atoms with Gasteiger partial charge in [0.15, 0.2) is 14.0 Å². The van der Waals surface area contributed by atoms with Crippen molar-refractivity contribution in [1.29, 1.82) is 0 Å². The van der Waals surface area contributed by atoms with Gasteiger partial charge in [-0.15, -0.1) is 0 Å². The lowest BCUT2D eigenvalue weighted by molar-refractivity contribution is -0.112. The molecule has 104 valence electrons. The number of carbonyl (C=O) groups is 1. The van der Waals surface area contributed by atoms with Crippen LogP contribution in [0.2, 0.25) is 19.6 Å². The molecule has 0 aromatic heterocycles. The van der Waals surface area contributed by atoms with E-state index in [4.69, 9.17) is 0 Å². The van der Waals surface area contributed by atoms with Gasteiger partial charge in [-0.2, -0.15) is 5.10 Å². The van der Waals surface area contributed by atoms with Crippen LogP contribution in [-0.2, 0) is 11.3 Å². The Morgan fingerprint density at radius 1 is 1.21 bits per heavy atom. The van der Waals surface area contributed by atoms with Gasteiger partial charge in [-0.1, -0.05) is 56.9 Å². The Morgan fingerprint density at radius 2 is 1.79 bits per heavy atom. The van der Waals surface area contributed by atoms with Crippen molar-refractivity contribution in [1.82, 2.24) is 4.67 Å². The highest BCUT2D eigenvalue weighted by Gasteiger charge is 2.23. The third-order valence-electron chi connectivity index (χ3n) is 2.94. The highest BCUT2D eigenvalue weighted by molar-refractivity contribution is 6.73. The van der Waals surface area contributed by atoms with Crippen LogP contribution in [0.25, 0.3) is 0 Å². The summed E-state index contributed by atoms with van der Waals surface area (Å²) >= 11 is 0. The predicted octanol–water partition coefficient (Wildman–Crippen LogP) is 3.68. The molecule has 0 heterocycles. The average Bonchev–Trinajstić information content (AvgIpc) is 2.37. The number of rotatable bonds is 6. The maximum atomic E-state index is 11.7. The zero-order valence-electron chi connectivity index (χ0n) is 12.6. The molecule has 0 radical (unpaired) electrons. The molecule has 1 aromatic carbocycles. The molecule has 0 saturated carbocycles. The van der Waals surface area contributed by atoms with Gasteiger partial charge in [0.25, 0.3) is 0 Å². The lowest BCUT2D eigenvalue weighted by Crippen LogP contribution is -2.42. The summed E-state index contributed by atoms with van der Waals surface area (Å²) in [5.74, 6) is 0.122. The van der Waals surface area contributed by atoms with E-state index in [0.29, 0.717) is 12.1 Å². The number of benzene rings is 1. The molecule has 0 bridgehead atoms. The molecular weight excluding hydrogens is 252 g/mol. The van der Waals surface area contributed by atoms with E-state index >= 15 is 0 Å². The van der Waals surface area contributed by atoms with E-state index in [-0.39, 0.29) is 5.78 Å². The van der Waals surface area contributed by atoms with Crippen molar-refractivity contribution in [2.45, 2.75) is 46.5 Å². The number of hydrogen-bond acceptors (Lipinski definition) is 3. The van der Waals surface area contributed by atoms with E-state index in [1.807, 2.05) is 32.0 Å². The van der Waals surface area contributed by atoms with E-state index in [1.54, 1.807) is 0 Å². The van der Waals surface area contributed by atoms with Crippen LogP contribution in [-0.4, -0.2) is 24.4 Å². The van der Waals surface area contributed by atoms with E-state index < -0.39 is 8.24 Å². The van der Waals surface area contributed by atoms with Crippen molar-refractivity contribution in [3.8, 4) is 0 Å². The first-order valence-electron chi connectivity index (χ1n) is 6.74. The van der Waals surface area contributed by atoms with Gasteiger partial charge in [-0.25, -0.2) is 0 Å². The number of hydrazone groups is 1. The fourth-order valence-corrected chi connectivity index (χ4v) is 2.78. The van der Waals surface area contributed by atoms with Crippen LogP contribution < -0.4 is 0 Å². The van der Waals surface area contributed by atoms with Gasteiger partial charge >= 0.3 is 0 Å². The Morgan fingerprint density at radius 3 is 2.26 bits per heavy atom. The SMILES string of the molecule is CCC(=O)C(C)=NN(Cc1ccccc1)[Si](C)(C)C. The Kier molecular flexibility index (Phi) is 5.48. The number of hydrogen-bond donors (Lipinski definition) is 0. The molecule has 0 N–H and O–H groups in total. The summed E-state index contributed by atoms with van der Waals surface area (Å²) in [7, 11) is -1.60. The number of carbonyl (C=O) groups excluding carboxylic acids is 1. The molecule has 3 nitrogen and oxygen atoms in total. The normalized spacial score (nSPS) is 12.4. The summed E-state index contributed by atoms with van der Waals surface area (Å²) in [5, 5.41) is 4.58. The highest BCUT2D eigenvalue weighted by Crippen LogP contribution is 2.15. The lowest BCUT2D eigenvalue weighted by atomic mass is 10.2. The van der Waals surface area contributed by atoms with Crippen molar-refractivity contribution in [3.63, 3.8) is 0 Å². The highest BCUT2D eigenvalue weighted by atomic mass is 28.3. The van der Waals surface area contributed by atoms with Gasteiger partial charge in [0, 0.05) is 6.42 Å². The molecule has 0 aliphatic rings. The third kappa shape index (κ3) is 4.99. The van der Waals surface area contributed by atoms with Gasteiger partial charge in [0.2, 0.25) is 0 Å². The molecule has 0 atom stereocenters. The van der Waals surface area contributed by atoms with Crippen LogP contribution in [0.1, 0.15) is 25.8 Å². The van der Waals surface area contributed by atoms with Gasteiger partial charge in [-0.05, 0) is 12.5 Å². The monoisotopic (exact) mass is 276 g/mol. The second-order valence-corrected chi connectivity index (χ2v) is 10.5. The molecule has 19 heavy (non-hydrogen) atoms. The Bertz CT molecular complexity index is 449. The maximum absolute atomic E-state index is 11.7. The van der Waals surface area contributed by atoms with Crippen molar-refractivity contribution >= 4 is 19.7 Å². The van der Waals surface area contributed by atoms with Crippen molar-refractivity contribution in [2.24, 2.45) is 5.10 Å². The van der Waals surface area contributed by atoms with Crippen LogP contribution in [0.4, 0.5) is 0 Å². The Balaban J connectivity index is 2.94. The van der Waals surface area contributed by atoms with Gasteiger partial charge < -0.3 is 4.67 Å². The summed E-state index contributed by atoms with van der Waals surface area (Å²) in [5.41, 5.74) is 1.84. The summed E-state index contributed by atoms with van der Waals surface area (Å²) in [4.78, 5) is 11.7. The smallest absolute Gasteiger partial charge is 0.178 e. The molecule has 0 spiro atoms. The number of ketones is 1. The van der Waals surface area contributed by atoms with E-state index in [2.05, 4.69) is 41.5 Å². The average molecular weight is 276 g/mol. The van der Waals surface area contributed by atoms with Crippen LogP contribution in [0.5, 0.6) is 0 Å². The maximum Gasteiger partial charge on any atom is 0.178 e. The molecule has 0 amide bonds. The topological polar surface area (TPSA) is 32.7 Å². The first-order chi connectivity index (χ1) is 8.84. The zero-order valence-corrected chi connectivity index (χ0v) is 13.6. The standard InChI is InChI=1S/C15H24N2OSi/c1-6-15(18)13(2)16-17(19(3,4)5)12-14-10-8-7-9-11-14/h7-11H,6,12H2,1-5H3. The minimum Gasteiger partial charge on any atom is -0.320 e. The molecule has 1 aromatic rings. The first kappa shape index (κ1) is 15.6. The lowest BCUT2D eigenvalue weighted by Gasteiger charge is -2.32. The Labute approximate surface area is 117 Å². The van der Waals surface area contributed by atoms with Crippen LogP contribution >= 0.6 is 0 Å². The molecule has 0 aliphatic carbocycles. The summed E-state index contributed by atoms with van der Waals surface area (Å²) in [6.45, 7) is 11.2. The summed E-state index contributed by atoms with van der Waals surface area (Å²) in [6, 6.07) is 10.3. The number of Topliss-reactive ketones (excluding diaryl/α,β-unsaturated/α-hetero) is 1. The molecule has 0 unspecified atom stereocenters. The van der Waals surface area contributed by atoms with Gasteiger partial charge in [0.05, 0.1) is 12.3 Å². The van der Waals surface area contributed by atoms with E-state index in [1.165, 1.54) is 5.56 Å². The van der Waals surface area contributed by atoms with Crippen molar-refractivity contribution in [3.05, 3.63) is 35.9 Å². The molecule has 0 fully saturated rings. The minimum atomic E-state index is -1.60. The minimum absolute atomic E-state index is 0.122. The zero-order chi connectivity index (χ0) is 14.5. The van der Waals surface area contributed by atoms with Crippen molar-refractivity contribution < 1.29 is 4.79 Å². The summed E-state index contributed by atoms with van der Waals surface area (Å²) < 4.78 is 2.12. The van der Waals surface area contributed by atoms with E-state index in [9.17, 15) is 4.79 Å².